The fraction of sp³-hybridized carbons (Fsp3) is 0.462. The number of rotatable bonds is 2. The molecule has 0 N–H and O–H groups in total. The maximum atomic E-state index is 12.3. The van der Waals surface area contributed by atoms with Crippen molar-refractivity contribution in [1.82, 2.24) is 4.90 Å². The maximum absolute atomic E-state index is 12.3. The molecule has 20 heavy (non-hydrogen) atoms. The third-order valence-electron chi connectivity index (χ3n) is 2.98. The van der Waals surface area contributed by atoms with Crippen molar-refractivity contribution in [3.63, 3.8) is 0 Å². The summed E-state index contributed by atoms with van der Waals surface area (Å²) in [5, 5.41) is 0.522. The number of hydrogen-bond donors (Lipinski definition) is 0. The van der Waals surface area contributed by atoms with Gasteiger partial charge >= 0.3 is 0 Å². The summed E-state index contributed by atoms with van der Waals surface area (Å²) in [6.45, 7) is 4.46. The Morgan fingerprint density at radius 3 is 2.40 bits per heavy atom. The summed E-state index contributed by atoms with van der Waals surface area (Å²) in [7, 11) is -3.65. The molecule has 110 valence electrons. The molecule has 0 amide bonds. The fourth-order valence-corrected chi connectivity index (χ4v) is 3.78. The molecule has 1 aliphatic heterocycles. The van der Waals surface area contributed by atoms with E-state index in [2.05, 4.69) is 4.40 Å². The van der Waals surface area contributed by atoms with Crippen molar-refractivity contribution >= 4 is 27.0 Å². The number of benzene rings is 1. The van der Waals surface area contributed by atoms with Gasteiger partial charge in [0.2, 0.25) is 0 Å². The van der Waals surface area contributed by atoms with E-state index >= 15 is 0 Å². The van der Waals surface area contributed by atoms with Crippen molar-refractivity contribution in [3.05, 3.63) is 29.8 Å². The highest BCUT2D eigenvalue weighted by atomic mass is 32.2. The topological polar surface area (TPSA) is 59.0 Å². The van der Waals surface area contributed by atoms with Gasteiger partial charge in [-0.05, 0) is 25.3 Å². The van der Waals surface area contributed by atoms with Gasteiger partial charge in [-0.1, -0.05) is 29.5 Å². The lowest BCUT2D eigenvalue weighted by atomic mass is 10.2. The van der Waals surface area contributed by atoms with E-state index in [-0.39, 0.29) is 4.90 Å². The second kappa shape index (κ2) is 6.60. The highest BCUT2D eigenvalue weighted by Gasteiger charge is 2.19. The number of aryl methyl sites for hydroxylation is 1. The van der Waals surface area contributed by atoms with Crippen LogP contribution in [0.15, 0.2) is 33.6 Å². The first-order valence-corrected chi connectivity index (χ1v) is 8.98. The number of hydrogen-bond acceptors (Lipinski definition) is 4. The molecule has 0 spiro atoms. The van der Waals surface area contributed by atoms with Crippen molar-refractivity contribution in [3.8, 4) is 0 Å². The molecule has 0 aliphatic carbocycles. The van der Waals surface area contributed by atoms with E-state index in [4.69, 9.17) is 4.74 Å². The van der Waals surface area contributed by atoms with Crippen molar-refractivity contribution in [1.29, 1.82) is 0 Å². The minimum Gasteiger partial charge on any atom is -0.378 e. The molecule has 2 rings (SSSR count). The summed E-state index contributed by atoms with van der Waals surface area (Å²) >= 11 is 1.34. The lowest BCUT2D eigenvalue weighted by Gasteiger charge is -2.28. The van der Waals surface area contributed by atoms with E-state index in [1.54, 1.807) is 24.3 Å². The van der Waals surface area contributed by atoms with Crippen LogP contribution in [0.5, 0.6) is 0 Å². The Bertz CT molecular complexity index is 576. The Labute approximate surface area is 124 Å². The predicted octanol–water partition coefficient (Wildman–Crippen LogP) is 1.73. The molecule has 0 saturated carbocycles. The molecular weight excluding hydrogens is 296 g/mol. The van der Waals surface area contributed by atoms with Gasteiger partial charge in [-0.2, -0.15) is 8.42 Å². The van der Waals surface area contributed by atoms with Crippen LogP contribution in [0.1, 0.15) is 5.56 Å². The second-order valence-electron chi connectivity index (χ2n) is 4.47. The lowest BCUT2D eigenvalue weighted by Crippen LogP contribution is -2.39. The molecule has 1 aromatic carbocycles. The zero-order valence-electron chi connectivity index (χ0n) is 11.6. The summed E-state index contributed by atoms with van der Waals surface area (Å²) in [4.78, 5) is 2.17. The molecule has 0 radical (unpaired) electrons. The number of amidine groups is 1. The monoisotopic (exact) mass is 314 g/mol. The molecule has 5 nitrogen and oxygen atoms in total. The quantitative estimate of drug-likeness (QED) is 0.615. The van der Waals surface area contributed by atoms with Gasteiger partial charge in [0.05, 0.1) is 18.1 Å². The van der Waals surface area contributed by atoms with E-state index in [1.807, 2.05) is 18.1 Å². The molecule has 1 aliphatic rings. The molecule has 1 heterocycles. The van der Waals surface area contributed by atoms with Gasteiger partial charge in [-0.15, -0.1) is 4.40 Å². The summed E-state index contributed by atoms with van der Waals surface area (Å²) in [6.07, 6.45) is 1.83. The van der Waals surface area contributed by atoms with Gasteiger partial charge in [0.1, 0.15) is 0 Å². The van der Waals surface area contributed by atoms with E-state index in [9.17, 15) is 8.42 Å². The van der Waals surface area contributed by atoms with Crippen LogP contribution in [0, 0.1) is 6.92 Å². The molecular formula is C13H18N2O3S2. The normalized spacial score (nSPS) is 17.3. The lowest BCUT2D eigenvalue weighted by molar-refractivity contribution is 0.0694. The van der Waals surface area contributed by atoms with Gasteiger partial charge < -0.3 is 9.64 Å². The summed E-state index contributed by atoms with van der Waals surface area (Å²) < 4.78 is 33.8. The smallest absolute Gasteiger partial charge is 0.284 e. The van der Waals surface area contributed by atoms with E-state index in [1.165, 1.54) is 11.8 Å². The summed E-state index contributed by atoms with van der Waals surface area (Å²) in [6, 6.07) is 6.72. The highest BCUT2D eigenvalue weighted by Crippen LogP contribution is 2.17. The number of thioether (sulfide) groups is 1. The average molecular weight is 314 g/mol. The van der Waals surface area contributed by atoms with Crippen molar-refractivity contribution < 1.29 is 13.2 Å². The molecule has 7 heteroatoms. The zero-order valence-corrected chi connectivity index (χ0v) is 13.2. The summed E-state index contributed by atoms with van der Waals surface area (Å²) in [5.41, 5.74) is 1.02. The van der Waals surface area contributed by atoms with E-state index < -0.39 is 10.0 Å². The molecule has 1 fully saturated rings. The molecule has 1 saturated heterocycles. The predicted molar refractivity (Wildman–Crippen MR) is 81.7 cm³/mol. The maximum Gasteiger partial charge on any atom is 0.284 e. The first-order valence-electron chi connectivity index (χ1n) is 6.31. The van der Waals surface area contributed by atoms with Crippen LogP contribution in [-0.4, -0.2) is 51.0 Å². The number of sulfonamides is 1. The zero-order chi connectivity index (χ0) is 14.6. The highest BCUT2D eigenvalue weighted by molar-refractivity contribution is 8.13. The number of nitrogens with zero attached hydrogens (tertiary/aromatic N) is 2. The van der Waals surface area contributed by atoms with E-state index in [0.29, 0.717) is 31.5 Å². The molecule has 0 aromatic heterocycles. The van der Waals surface area contributed by atoms with Crippen LogP contribution in [0.4, 0.5) is 0 Å². The van der Waals surface area contributed by atoms with Crippen molar-refractivity contribution in [2.45, 2.75) is 11.8 Å². The molecule has 1 aromatic rings. The van der Waals surface area contributed by atoms with Crippen LogP contribution in [0.3, 0.4) is 0 Å². The Hall–Kier alpha value is -1.05. The third kappa shape index (κ3) is 3.74. The molecule has 0 bridgehead atoms. The first-order chi connectivity index (χ1) is 9.53. The van der Waals surface area contributed by atoms with Crippen LogP contribution in [-0.2, 0) is 14.8 Å². The van der Waals surface area contributed by atoms with Crippen molar-refractivity contribution in [2.24, 2.45) is 4.40 Å². The van der Waals surface area contributed by atoms with Crippen LogP contribution in [0.25, 0.3) is 0 Å². The minimum absolute atomic E-state index is 0.225. The Morgan fingerprint density at radius 2 is 1.85 bits per heavy atom. The average Bonchev–Trinajstić information content (AvgIpc) is 2.46. The fourth-order valence-electron chi connectivity index (χ4n) is 1.84. The van der Waals surface area contributed by atoms with Crippen LogP contribution >= 0.6 is 11.8 Å². The Morgan fingerprint density at radius 1 is 1.25 bits per heavy atom. The third-order valence-corrected chi connectivity index (χ3v) is 5.09. The van der Waals surface area contributed by atoms with Crippen LogP contribution < -0.4 is 0 Å². The van der Waals surface area contributed by atoms with E-state index in [0.717, 1.165) is 5.56 Å². The Kier molecular flexibility index (Phi) is 5.06. The summed E-state index contributed by atoms with van der Waals surface area (Å²) in [5.74, 6) is 0. The van der Waals surface area contributed by atoms with Gasteiger partial charge in [-0.3, -0.25) is 0 Å². The minimum atomic E-state index is -3.65. The van der Waals surface area contributed by atoms with Crippen LogP contribution in [0.2, 0.25) is 0 Å². The Balaban J connectivity index is 2.27. The second-order valence-corrected chi connectivity index (χ2v) is 6.84. The number of ether oxygens (including phenoxy) is 1. The number of morpholine rings is 1. The van der Waals surface area contributed by atoms with Crippen molar-refractivity contribution in [2.75, 3.05) is 32.6 Å². The van der Waals surface area contributed by atoms with Gasteiger partial charge in [0, 0.05) is 13.1 Å². The largest absolute Gasteiger partial charge is 0.378 e. The molecule has 0 unspecified atom stereocenters. The van der Waals surface area contributed by atoms with Gasteiger partial charge in [0.15, 0.2) is 5.17 Å². The standard InChI is InChI=1S/C13H18N2O3S2/c1-11-3-5-12(6-4-11)20(16,17)14-13(19-2)15-7-9-18-10-8-15/h3-6H,7-10H2,1-2H3/b14-13+. The first kappa shape index (κ1) is 15.3. The van der Waals surface area contributed by atoms with Gasteiger partial charge in [0.25, 0.3) is 10.0 Å². The van der Waals surface area contributed by atoms with Gasteiger partial charge in [-0.25, -0.2) is 0 Å². The molecule has 0 atom stereocenters. The SMILES string of the molecule is CS/C(=N/S(=O)(=O)c1ccc(C)cc1)N1CCOCC1.